The van der Waals surface area contributed by atoms with Crippen molar-refractivity contribution in [3.8, 4) is 0 Å². The maximum absolute atomic E-state index is 5.48. The Balaban J connectivity index is 1.49. The zero-order valence-electron chi connectivity index (χ0n) is 17.6. The van der Waals surface area contributed by atoms with Crippen molar-refractivity contribution in [2.45, 2.75) is 55.7 Å². The van der Waals surface area contributed by atoms with Gasteiger partial charge < -0.3 is 9.30 Å². The summed E-state index contributed by atoms with van der Waals surface area (Å²) in [5, 5.41) is 22.3. The maximum atomic E-state index is 5.48. The molecule has 0 unspecified atom stereocenters. The number of morpholine rings is 1. The zero-order chi connectivity index (χ0) is 20.2. The van der Waals surface area contributed by atoms with Crippen molar-refractivity contribution in [3.63, 3.8) is 0 Å². The molecule has 2 aromatic heterocycles. The lowest BCUT2D eigenvalue weighted by Crippen LogP contribution is -2.38. The Kier molecular flexibility index (Phi) is 6.78. The van der Waals surface area contributed by atoms with Gasteiger partial charge in [-0.25, -0.2) is 4.68 Å². The van der Waals surface area contributed by atoms with E-state index in [1.165, 1.54) is 12.8 Å². The highest BCUT2D eigenvalue weighted by Crippen LogP contribution is 2.35. The molecule has 1 saturated heterocycles. The van der Waals surface area contributed by atoms with E-state index in [0.717, 1.165) is 62.6 Å². The lowest BCUT2D eigenvalue weighted by atomic mass is 10.2. The molecule has 1 atom stereocenters. The van der Waals surface area contributed by atoms with Crippen LogP contribution in [0, 0.1) is 0 Å². The molecule has 10 nitrogen and oxygen atoms in total. The van der Waals surface area contributed by atoms with Gasteiger partial charge in [0.1, 0.15) is 0 Å². The first-order chi connectivity index (χ1) is 14.2. The number of aromatic nitrogens is 7. The molecule has 0 bridgehead atoms. The lowest BCUT2D eigenvalue weighted by Gasteiger charge is -2.28. The largest absolute Gasteiger partial charge is 0.379 e. The van der Waals surface area contributed by atoms with Crippen LogP contribution in [0.15, 0.2) is 5.16 Å². The lowest BCUT2D eigenvalue weighted by molar-refractivity contribution is 0.0358. The van der Waals surface area contributed by atoms with E-state index in [1.807, 2.05) is 4.68 Å². The third kappa shape index (κ3) is 4.96. The third-order valence-corrected chi connectivity index (χ3v) is 6.54. The Morgan fingerprint density at radius 3 is 2.62 bits per heavy atom. The average Bonchev–Trinajstić information content (AvgIpc) is 3.33. The van der Waals surface area contributed by atoms with Gasteiger partial charge in [0.2, 0.25) is 0 Å². The minimum Gasteiger partial charge on any atom is -0.379 e. The van der Waals surface area contributed by atoms with Crippen molar-refractivity contribution >= 4 is 11.8 Å². The number of tetrazole rings is 1. The molecule has 1 aliphatic heterocycles. The number of thioether (sulfide) groups is 1. The number of nitrogens with zero attached hydrogens (tertiary/aromatic N) is 9. The molecule has 0 N–H and O–H groups in total. The SMILES string of the molecule is CC[C@@H](c1nnc(SCc2nnnn2C2CC2)n1CCN1CCOCC1)N(C)C. The van der Waals surface area contributed by atoms with Crippen molar-refractivity contribution in [2.75, 3.05) is 46.9 Å². The minimum absolute atomic E-state index is 0.248. The molecule has 4 rings (SSSR count). The fourth-order valence-corrected chi connectivity index (χ4v) is 4.63. The van der Waals surface area contributed by atoms with E-state index in [9.17, 15) is 0 Å². The highest BCUT2D eigenvalue weighted by molar-refractivity contribution is 7.98. The van der Waals surface area contributed by atoms with Gasteiger partial charge in [-0.15, -0.1) is 15.3 Å². The summed E-state index contributed by atoms with van der Waals surface area (Å²) >= 11 is 1.68. The van der Waals surface area contributed by atoms with Crippen LogP contribution in [-0.2, 0) is 17.0 Å². The van der Waals surface area contributed by atoms with E-state index in [2.05, 4.69) is 61.1 Å². The Hall–Kier alpha value is -1.56. The molecule has 160 valence electrons. The predicted octanol–water partition coefficient (Wildman–Crippen LogP) is 1.24. The van der Waals surface area contributed by atoms with Crippen LogP contribution in [0.25, 0.3) is 0 Å². The van der Waals surface area contributed by atoms with Gasteiger partial charge in [0.05, 0.1) is 31.1 Å². The first-order valence-electron chi connectivity index (χ1n) is 10.5. The smallest absolute Gasteiger partial charge is 0.191 e. The highest BCUT2D eigenvalue weighted by Gasteiger charge is 2.28. The predicted molar refractivity (Wildman–Crippen MR) is 110 cm³/mol. The molecule has 2 aliphatic rings. The van der Waals surface area contributed by atoms with Gasteiger partial charge >= 0.3 is 0 Å². The van der Waals surface area contributed by atoms with Crippen LogP contribution in [0.2, 0.25) is 0 Å². The Bertz CT molecular complexity index is 782. The molecule has 1 saturated carbocycles. The Morgan fingerprint density at radius 1 is 1.14 bits per heavy atom. The normalized spacial score (nSPS) is 19.2. The van der Waals surface area contributed by atoms with E-state index >= 15 is 0 Å². The Labute approximate surface area is 176 Å². The van der Waals surface area contributed by atoms with Crippen LogP contribution >= 0.6 is 11.8 Å². The molecule has 0 amide bonds. The van der Waals surface area contributed by atoms with E-state index in [1.54, 1.807) is 11.8 Å². The van der Waals surface area contributed by atoms with Crippen LogP contribution in [0.5, 0.6) is 0 Å². The number of rotatable bonds is 10. The molecule has 0 aromatic carbocycles. The number of hydrogen-bond donors (Lipinski definition) is 0. The molecule has 2 fully saturated rings. The summed E-state index contributed by atoms with van der Waals surface area (Å²) in [7, 11) is 4.21. The molecule has 3 heterocycles. The van der Waals surface area contributed by atoms with E-state index < -0.39 is 0 Å². The number of hydrogen-bond acceptors (Lipinski definition) is 9. The van der Waals surface area contributed by atoms with Gasteiger partial charge in [0.15, 0.2) is 16.8 Å². The van der Waals surface area contributed by atoms with Crippen LogP contribution in [0.1, 0.15) is 49.9 Å². The van der Waals surface area contributed by atoms with Gasteiger partial charge in [-0.3, -0.25) is 9.80 Å². The molecular weight excluding hydrogens is 390 g/mol. The van der Waals surface area contributed by atoms with Gasteiger partial charge in [0.25, 0.3) is 0 Å². The minimum atomic E-state index is 0.248. The van der Waals surface area contributed by atoms with E-state index in [-0.39, 0.29) is 6.04 Å². The van der Waals surface area contributed by atoms with Crippen LogP contribution in [0.3, 0.4) is 0 Å². The van der Waals surface area contributed by atoms with Crippen molar-refractivity contribution in [1.82, 2.24) is 44.8 Å². The Morgan fingerprint density at radius 2 is 1.93 bits per heavy atom. The van der Waals surface area contributed by atoms with Crippen molar-refractivity contribution < 1.29 is 4.74 Å². The van der Waals surface area contributed by atoms with Crippen LogP contribution in [-0.4, -0.2) is 91.7 Å². The highest BCUT2D eigenvalue weighted by atomic mass is 32.2. The summed E-state index contributed by atoms with van der Waals surface area (Å²) in [6.07, 6.45) is 3.33. The van der Waals surface area contributed by atoms with Crippen LogP contribution < -0.4 is 0 Å². The summed E-state index contributed by atoms with van der Waals surface area (Å²) < 4.78 is 9.74. The average molecular weight is 422 g/mol. The van der Waals surface area contributed by atoms with Gasteiger partial charge in [-0.05, 0) is 43.8 Å². The van der Waals surface area contributed by atoms with Crippen LogP contribution in [0.4, 0.5) is 0 Å². The van der Waals surface area contributed by atoms with Gasteiger partial charge in [0, 0.05) is 26.2 Å². The first-order valence-corrected chi connectivity index (χ1v) is 11.4. The first kappa shape index (κ1) is 20.7. The summed E-state index contributed by atoms with van der Waals surface area (Å²) in [6.45, 7) is 7.66. The van der Waals surface area contributed by atoms with Crippen molar-refractivity contribution in [2.24, 2.45) is 0 Å². The quantitative estimate of drug-likeness (QED) is 0.526. The molecule has 11 heteroatoms. The molecule has 29 heavy (non-hydrogen) atoms. The second-order valence-electron chi connectivity index (χ2n) is 7.89. The topological polar surface area (TPSA) is 90.0 Å². The molecule has 1 aliphatic carbocycles. The third-order valence-electron chi connectivity index (χ3n) is 5.58. The van der Waals surface area contributed by atoms with E-state index in [4.69, 9.17) is 4.74 Å². The zero-order valence-corrected chi connectivity index (χ0v) is 18.4. The molecular formula is C18H31N9OS. The summed E-state index contributed by atoms with van der Waals surface area (Å²) in [5.41, 5.74) is 0. The van der Waals surface area contributed by atoms with Crippen molar-refractivity contribution in [1.29, 1.82) is 0 Å². The summed E-state index contributed by atoms with van der Waals surface area (Å²) in [4.78, 5) is 4.67. The maximum Gasteiger partial charge on any atom is 0.191 e. The molecule has 0 spiro atoms. The monoisotopic (exact) mass is 421 g/mol. The summed E-state index contributed by atoms with van der Waals surface area (Å²) in [6, 6.07) is 0.729. The van der Waals surface area contributed by atoms with Crippen molar-refractivity contribution in [3.05, 3.63) is 11.6 Å². The second-order valence-corrected chi connectivity index (χ2v) is 8.84. The second kappa shape index (κ2) is 9.50. The van der Waals surface area contributed by atoms with E-state index in [0.29, 0.717) is 11.8 Å². The standard InChI is InChI=1S/C18H31N9OS/c1-4-15(24(2)3)17-20-21-18(26(17)8-7-25-9-11-28-12-10-25)29-13-16-19-22-23-27(16)14-5-6-14/h14-15H,4-13H2,1-3H3/t15-/m0/s1. The summed E-state index contributed by atoms with van der Waals surface area (Å²) in [5.74, 6) is 2.66. The molecule has 2 aromatic rings. The van der Waals surface area contributed by atoms with Gasteiger partial charge in [-0.1, -0.05) is 18.7 Å². The number of ether oxygens (including phenoxy) is 1. The molecule has 0 radical (unpaired) electrons. The fraction of sp³-hybridized carbons (Fsp3) is 0.833. The van der Waals surface area contributed by atoms with Gasteiger partial charge in [-0.2, -0.15) is 0 Å². The fourth-order valence-electron chi connectivity index (χ4n) is 3.75.